The van der Waals surface area contributed by atoms with Crippen molar-refractivity contribution in [2.45, 2.75) is 57.2 Å². The zero-order valence-electron chi connectivity index (χ0n) is 14.5. The first-order valence-electron chi connectivity index (χ1n) is 9.02. The van der Waals surface area contributed by atoms with E-state index in [0.717, 1.165) is 50.9 Å². The highest BCUT2D eigenvalue weighted by Crippen LogP contribution is 2.44. The molecule has 1 N–H and O–H groups in total. The number of aryl methyl sites for hydroxylation is 2. The molecule has 2 aliphatic heterocycles. The summed E-state index contributed by atoms with van der Waals surface area (Å²) in [5.74, 6) is 1.45. The van der Waals surface area contributed by atoms with E-state index in [4.69, 9.17) is 9.26 Å². The molecule has 2 aromatic rings. The van der Waals surface area contributed by atoms with Gasteiger partial charge in [-0.15, -0.1) is 0 Å². The molecule has 0 bridgehead atoms. The molecule has 25 heavy (non-hydrogen) atoms. The zero-order valence-corrected chi connectivity index (χ0v) is 14.5. The number of aromatic nitrogens is 3. The number of aromatic amines is 1. The topological polar surface area (TPSA) is 84.2 Å². The van der Waals surface area contributed by atoms with Gasteiger partial charge in [-0.05, 0) is 51.2 Å². The fourth-order valence-corrected chi connectivity index (χ4v) is 3.89. The minimum Gasteiger partial charge on any atom is -0.365 e. The summed E-state index contributed by atoms with van der Waals surface area (Å²) >= 11 is 0. The Labute approximate surface area is 146 Å². The van der Waals surface area contributed by atoms with Gasteiger partial charge in [-0.3, -0.25) is 4.79 Å². The van der Waals surface area contributed by atoms with E-state index >= 15 is 0 Å². The quantitative estimate of drug-likeness (QED) is 0.921. The Balaban J connectivity index is 1.28. The van der Waals surface area contributed by atoms with Crippen molar-refractivity contribution in [1.82, 2.24) is 20.0 Å². The number of rotatable bonds is 4. The molecule has 0 aliphatic carbocycles. The van der Waals surface area contributed by atoms with Gasteiger partial charge >= 0.3 is 0 Å². The number of H-pyrrole nitrogens is 1. The van der Waals surface area contributed by atoms with Gasteiger partial charge in [0.25, 0.3) is 5.89 Å². The number of hydrogen-bond acceptors (Lipinski definition) is 5. The van der Waals surface area contributed by atoms with Gasteiger partial charge in [0.05, 0.1) is 5.60 Å². The summed E-state index contributed by atoms with van der Waals surface area (Å²) in [6.45, 7) is 3.34. The summed E-state index contributed by atoms with van der Waals surface area (Å²) in [6.07, 6.45) is 6.77. The molecule has 4 heterocycles. The maximum atomic E-state index is 12.4. The van der Waals surface area contributed by atoms with Crippen LogP contribution in [0.15, 0.2) is 22.9 Å². The van der Waals surface area contributed by atoms with Crippen LogP contribution in [0.4, 0.5) is 0 Å². The van der Waals surface area contributed by atoms with Gasteiger partial charge in [0.15, 0.2) is 5.82 Å². The highest BCUT2D eigenvalue weighted by atomic mass is 16.5. The van der Waals surface area contributed by atoms with E-state index in [1.165, 1.54) is 0 Å². The number of carbonyl (C=O) groups excluding carboxylic acids is 1. The van der Waals surface area contributed by atoms with Crippen molar-refractivity contribution in [3.05, 3.63) is 35.7 Å². The first kappa shape index (κ1) is 16.3. The highest BCUT2D eigenvalue weighted by molar-refractivity contribution is 5.76. The third-order valence-corrected chi connectivity index (χ3v) is 5.37. The molecular formula is C18H24N4O3. The molecule has 2 aliphatic rings. The monoisotopic (exact) mass is 344 g/mol. The number of ether oxygens (including phenoxy) is 1. The molecule has 2 saturated heterocycles. The number of amides is 1. The summed E-state index contributed by atoms with van der Waals surface area (Å²) in [7, 11) is 0. The minimum atomic E-state index is -0.136. The van der Waals surface area contributed by atoms with Gasteiger partial charge in [0, 0.05) is 31.4 Å². The van der Waals surface area contributed by atoms with E-state index in [2.05, 4.69) is 15.1 Å². The number of likely N-dealkylation sites (tertiary alicyclic amines) is 1. The van der Waals surface area contributed by atoms with Gasteiger partial charge < -0.3 is 19.1 Å². The lowest BCUT2D eigenvalue weighted by Gasteiger charge is -2.39. The molecular weight excluding hydrogens is 320 g/mol. The first-order valence-corrected chi connectivity index (χ1v) is 9.02. The van der Waals surface area contributed by atoms with Gasteiger partial charge in [-0.1, -0.05) is 5.16 Å². The summed E-state index contributed by atoms with van der Waals surface area (Å²) in [5, 5.41) is 3.85. The average Bonchev–Trinajstić information content (AvgIpc) is 3.35. The van der Waals surface area contributed by atoms with E-state index in [0.29, 0.717) is 18.1 Å². The Morgan fingerprint density at radius 1 is 1.40 bits per heavy atom. The number of nitrogens with zero attached hydrogens (tertiary/aromatic N) is 3. The van der Waals surface area contributed by atoms with Gasteiger partial charge in [0.2, 0.25) is 5.91 Å². The van der Waals surface area contributed by atoms with Crippen molar-refractivity contribution in [2.24, 2.45) is 0 Å². The standard InChI is InChI=1S/C18H24N4O3/c1-13-20-17(25-21-13)15-6-7-18(24-15)8-11-22(12-9-18)16(23)5-4-14-3-2-10-19-14/h2-3,10,15,19H,4-9,11-12H2,1H3. The molecule has 1 amide bonds. The number of nitrogens with one attached hydrogen (secondary N) is 1. The second-order valence-electron chi connectivity index (χ2n) is 7.08. The van der Waals surface area contributed by atoms with Crippen LogP contribution in [0.3, 0.4) is 0 Å². The lowest BCUT2D eigenvalue weighted by Crippen LogP contribution is -2.46. The SMILES string of the molecule is Cc1noc(C2CCC3(CCN(C(=O)CCc4ccc[nH]4)CC3)O2)n1. The van der Waals surface area contributed by atoms with Crippen LogP contribution in [0.1, 0.15) is 55.6 Å². The first-order chi connectivity index (χ1) is 12.1. The fourth-order valence-electron chi connectivity index (χ4n) is 3.89. The third-order valence-electron chi connectivity index (χ3n) is 5.37. The van der Waals surface area contributed by atoms with Crippen molar-refractivity contribution in [3.63, 3.8) is 0 Å². The Morgan fingerprint density at radius 3 is 2.92 bits per heavy atom. The fraction of sp³-hybridized carbons (Fsp3) is 0.611. The van der Waals surface area contributed by atoms with E-state index in [1.54, 1.807) is 0 Å². The lowest BCUT2D eigenvalue weighted by molar-refractivity contribution is -0.138. The average molecular weight is 344 g/mol. The van der Waals surface area contributed by atoms with Crippen LogP contribution in [0.2, 0.25) is 0 Å². The van der Waals surface area contributed by atoms with Crippen LogP contribution < -0.4 is 0 Å². The number of carbonyl (C=O) groups is 1. The molecule has 1 atom stereocenters. The highest BCUT2D eigenvalue weighted by Gasteiger charge is 2.45. The van der Waals surface area contributed by atoms with E-state index < -0.39 is 0 Å². The Morgan fingerprint density at radius 2 is 2.24 bits per heavy atom. The van der Waals surface area contributed by atoms with Crippen molar-refractivity contribution in [3.8, 4) is 0 Å². The Bertz CT molecular complexity index is 717. The predicted molar refractivity (Wildman–Crippen MR) is 89.8 cm³/mol. The van der Waals surface area contributed by atoms with E-state index in [9.17, 15) is 4.79 Å². The van der Waals surface area contributed by atoms with Crippen LogP contribution in [-0.4, -0.2) is 44.6 Å². The Hall–Kier alpha value is -2.15. The molecule has 1 spiro atoms. The van der Waals surface area contributed by atoms with Crippen LogP contribution in [0.25, 0.3) is 0 Å². The molecule has 7 nitrogen and oxygen atoms in total. The zero-order chi connectivity index (χ0) is 17.3. The van der Waals surface area contributed by atoms with Crippen LogP contribution in [-0.2, 0) is 16.0 Å². The number of hydrogen-bond donors (Lipinski definition) is 1. The molecule has 2 fully saturated rings. The lowest BCUT2D eigenvalue weighted by atomic mass is 9.88. The number of piperidine rings is 1. The molecule has 0 saturated carbocycles. The van der Waals surface area contributed by atoms with Crippen molar-refractivity contribution in [2.75, 3.05) is 13.1 Å². The minimum absolute atomic E-state index is 0.101. The third kappa shape index (κ3) is 3.46. The maximum absolute atomic E-state index is 12.4. The van der Waals surface area contributed by atoms with Crippen molar-refractivity contribution in [1.29, 1.82) is 0 Å². The van der Waals surface area contributed by atoms with Crippen molar-refractivity contribution < 1.29 is 14.1 Å². The summed E-state index contributed by atoms with van der Waals surface area (Å²) in [6, 6.07) is 3.98. The van der Waals surface area contributed by atoms with Gasteiger partial charge in [-0.2, -0.15) is 4.98 Å². The van der Waals surface area contributed by atoms with E-state index in [-0.39, 0.29) is 17.6 Å². The largest absolute Gasteiger partial charge is 0.365 e. The van der Waals surface area contributed by atoms with Crippen molar-refractivity contribution >= 4 is 5.91 Å². The Kier molecular flexibility index (Phi) is 4.33. The molecule has 0 radical (unpaired) electrons. The van der Waals surface area contributed by atoms with Gasteiger partial charge in [-0.25, -0.2) is 0 Å². The normalized spacial score (nSPS) is 22.6. The predicted octanol–water partition coefficient (Wildman–Crippen LogP) is 2.55. The van der Waals surface area contributed by atoms with Crippen LogP contribution in [0.5, 0.6) is 0 Å². The molecule has 7 heteroatoms. The van der Waals surface area contributed by atoms with Crippen LogP contribution >= 0.6 is 0 Å². The second kappa shape index (κ2) is 6.63. The molecule has 4 rings (SSSR count). The smallest absolute Gasteiger partial charge is 0.255 e. The molecule has 2 aromatic heterocycles. The van der Waals surface area contributed by atoms with E-state index in [1.807, 2.05) is 30.2 Å². The maximum Gasteiger partial charge on any atom is 0.255 e. The van der Waals surface area contributed by atoms with Crippen LogP contribution in [0, 0.1) is 6.92 Å². The summed E-state index contributed by atoms with van der Waals surface area (Å²) < 4.78 is 11.6. The second-order valence-corrected chi connectivity index (χ2v) is 7.08. The molecule has 134 valence electrons. The molecule has 1 unspecified atom stereocenters. The molecule has 0 aromatic carbocycles. The summed E-state index contributed by atoms with van der Waals surface area (Å²) in [4.78, 5) is 21.8. The summed E-state index contributed by atoms with van der Waals surface area (Å²) in [5.41, 5.74) is 0.974. The van der Waals surface area contributed by atoms with Gasteiger partial charge in [0.1, 0.15) is 6.10 Å².